The molecule has 0 saturated carbocycles. The highest BCUT2D eigenvalue weighted by Crippen LogP contribution is 2.45. The molecule has 0 amide bonds. The van der Waals surface area contributed by atoms with Gasteiger partial charge in [0, 0.05) is 22.2 Å². The third-order valence-electron chi connectivity index (χ3n) is 6.40. The van der Waals surface area contributed by atoms with Gasteiger partial charge < -0.3 is 10.6 Å². The van der Waals surface area contributed by atoms with Crippen LogP contribution in [0, 0.1) is 5.82 Å². The monoisotopic (exact) mass is 408 g/mol. The predicted octanol–water partition coefficient (Wildman–Crippen LogP) is 6.53. The van der Waals surface area contributed by atoms with E-state index in [-0.39, 0.29) is 39.8 Å². The van der Waals surface area contributed by atoms with Crippen LogP contribution in [0.15, 0.2) is 12.1 Å². The van der Waals surface area contributed by atoms with E-state index in [4.69, 9.17) is 11.6 Å². The number of hydrogen-bond acceptors (Lipinski definition) is 2. The maximum Gasteiger partial charge on any atom is 0.145 e. The smallest absolute Gasteiger partial charge is 0.145 e. The van der Waals surface area contributed by atoms with E-state index in [9.17, 15) is 0 Å². The van der Waals surface area contributed by atoms with E-state index in [0.717, 1.165) is 36.8 Å². The molecular weight excluding hydrogens is 371 g/mol. The molecule has 0 spiro atoms. The molecule has 1 aromatic carbocycles. The quantitative estimate of drug-likeness (QED) is 0.581. The Hall–Kier alpha value is -0.640. The van der Waals surface area contributed by atoms with E-state index < -0.39 is 0 Å². The van der Waals surface area contributed by atoms with Gasteiger partial charge in [-0.2, -0.15) is 0 Å². The Kier molecular flexibility index (Phi) is 5.48. The van der Waals surface area contributed by atoms with Crippen molar-refractivity contribution in [1.29, 1.82) is 0 Å². The molecule has 0 bridgehead atoms. The van der Waals surface area contributed by atoms with Gasteiger partial charge in [0.1, 0.15) is 5.82 Å². The zero-order valence-corrected chi connectivity index (χ0v) is 19.6. The normalized spacial score (nSPS) is 26.9. The first-order chi connectivity index (χ1) is 12.6. The van der Waals surface area contributed by atoms with Gasteiger partial charge in [0.2, 0.25) is 0 Å². The Balaban J connectivity index is 1.94. The molecule has 0 radical (unpaired) electrons. The fourth-order valence-corrected chi connectivity index (χ4v) is 6.62. The van der Waals surface area contributed by atoms with Crippen molar-refractivity contribution in [3.63, 3.8) is 0 Å². The molecule has 2 saturated heterocycles. The fourth-order valence-electron chi connectivity index (χ4n) is 6.29. The van der Waals surface area contributed by atoms with Gasteiger partial charge in [0.25, 0.3) is 0 Å². The molecule has 3 rings (SSSR count). The number of halogens is 2. The van der Waals surface area contributed by atoms with Crippen molar-refractivity contribution < 1.29 is 4.39 Å². The van der Waals surface area contributed by atoms with E-state index in [1.165, 1.54) is 0 Å². The number of hydrogen-bond donors (Lipinski definition) is 2. The minimum absolute atomic E-state index is 0.00792. The summed E-state index contributed by atoms with van der Waals surface area (Å²) < 4.78 is 15.5. The molecule has 2 aliphatic heterocycles. The van der Waals surface area contributed by atoms with Crippen LogP contribution >= 0.6 is 11.6 Å². The van der Waals surface area contributed by atoms with Crippen molar-refractivity contribution in [3.05, 3.63) is 34.1 Å². The average Bonchev–Trinajstić information content (AvgIpc) is 2.43. The van der Waals surface area contributed by atoms with Gasteiger partial charge in [0.15, 0.2) is 0 Å². The highest BCUT2D eigenvalue weighted by atomic mass is 35.5. The molecule has 2 N–H and O–H groups in total. The van der Waals surface area contributed by atoms with Crippen LogP contribution in [0.25, 0.3) is 0 Å². The van der Waals surface area contributed by atoms with Crippen molar-refractivity contribution >= 4 is 11.6 Å². The number of rotatable bonds is 2. The summed E-state index contributed by atoms with van der Waals surface area (Å²) in [6.45, 7) is 17.7. The Morgan fingerprint density at radius 3 is 1.43 bits per heavy atom. The Morgan fingerprint density at radius 2 is 1.04 bits per heavy atom. The van der Waals surface area contributed by atoms with Gasteiger partial charge in [-0.3, -0.25) is 0 Å². The molecule has 28 heavy (non-hydrogen) atoms. The summed E-state index contributed by atoms with van der Waals surface area (Å²) in [5.74, 6) is 0.244. The molecular formula is C24H38ClFN2. The Labute approximate surface area is 176 Å². The number of piperidine rings is 2. The van der Waals surface area contributed by atoms with Gasteiger partial charge in [-0.05, 0) is 104 Å². The molecule has 1 aromatic rings. The largest absolute Gasteiger partial charge is 0.307 e. The minimum Gasteiger partial charge on any atom is -0.307 e. The van der Waals surface area contributed by atoms with Crippen LogP contribution in [0.2, 0.25) is 5.02 Å². The summed E-state index contributed by atoms with van der Waals surface area (Å²) in [5, 5.41) is 7.73. The topological polar surface area (TPSA) is 24.1 Å². The molecule has 2 nitrogen and oxygen atoms in total. The summed E-state index contributed by atoms with van der Waals surface area (Å²) in [6, 6.07) is 4.12. The summed E-state index contributed by atoms with van der Waals surface area (Å²) in [6.07, 6.45) is 3.75. The molecule has 0 atom stereocenters. The zero-order valence-electron chi connectivity index (χ0n) is 18.9. The highest BCUT2D eigenvalue weighted by Gasteiger charge is 2.41. The average molecular weight is 409 g/mol. The standard InChI is InChI=1S/C24H38ClFN2/c1-21(2)11-15(12-22(3,4)27-21)17-9-10-18(20(26)19(17)25)16-13-23(5,6)28-24(7,8)14-16/h9-10,15-16,27-28H,11-14H2,1-8H3. The fraction of sp³-hybridized carbons (Fsp3) is 0.750. The zero-order chi connectivity index (χ0) is 21.1. The maximum absolute atomic E-state index is 15.5. The molecule has 2 fully saturated rings. The lowest BCUT2D eigenvalue weighted by atomic mass is 9.71. The molecule has 4 heteroatoms. The first-order valence-electron chi connectivity index (χ1n) is 10.7. The number of nitrogens with one attached hydrogen (secondary N) is 2. The van der Waals surface area contributed by atoms with E-state index in [1.807, 2.05) is 6.07 Å². The SMILES string of the molecule is CC1(C)CC(c2ccc(C3CC(C)(C)NC(C)(C)C3)c(Cl)c2F)CC(C)(C)N1. The van der Waals surface area contributed by atoms with Crippen molar-refractivity contribution in [2.75, 3.05) is 0 Å². The lowest BCUT2D eigenvalue weighted by molar-refractivity contribution is 0.158. The van der Waals surface area contributed by atoms with Gasteiger partial charge in [-0.15, -0.1) is 0 Å². The Bertz CT molecular complexity index is 656. The van der Waals surface area contributed by atoms with Gasteiger partial charge in [-0.25, -0.2) is 4.39 Å². The molecule has 0 unspecified atom stereocenters. The maximum atomic E-state index is 15.5. The van der Waals surface area contributed by atoms with Gasteiger partial charge in [-0.1, -0.05) is 23.7 Å². The second-order valence-electron chi connectivity index (χ2n) is 11.9. The minimum atomic E-state index is -0.202. The molecule has 0 aromatic heterocycles. The van der Waals surface area contributed by atoms with Crippen molar-refractivity contribution in [3.8, 4) is 0 Å². The van der Waals surface area contributed by atoms with Crippen molar-refractivity contribution in [2.45, 2.75) is 115 Å². The second-order valence-corrected chi connectivity index (χ2v) is 12.2. The van der Waals surface area contributed by atoms with E-state index in [2.05, 4.69) is 72.1 Å². The lowest BCUT2D eigenvalue weighted by Crippen LogP contribution is -2.57. The summed E-state index contributed by atoms with van der Waals surface area (Å²) in [5.41, 5.74) is 1.73. The van der Waals surface area contributed by atoms with E-state index in [1.54, 1.807) is 0 Å². The van der Waals surface area contributed by atoms with Crippen molar-refractivity contribution in [1.82, 2.24) is 10.6 Å². The third kappa shape index (κ3) is 4.74. The van der Waals surface area contributed by atoms with E-state index in [0.29, 0.717) is 5.02 Å². The summed E-state index contributed by atoms with van der Waals surface area (Å²) >= 11 is 6.67. The highest BCUT2D eigenvalue weighted by molar-refractivity contribution is 6.31. The van der Waals surface area contributed by atoms with Crippen molar-refractivity contribution in [2.24, 2.45) is 0 Å². The van der Waals surface area contributed by atoms with Crippen LogP contribution < -0.4 is 10.6 Å². The molecule has 2 aliphatic rings. The van der Waals surface area contributed by atoms with E-state index >= 15 is 4.39 Å². The van der Waals surface area contributed by atoms with Crippen LogP contribution in [0.5, 0.6) is 0 Å². The molecule has 2 heterocycles. The molecule has 0 aliphatic carbocycles. The summed E-state index contributed by atoms with van der Waals surface area (Å²) in [4.78, 5) is 0. The van der Waals surface area contributed by atoms with Crippen LogP contribution in [0.4, 0.5) is 4.39 Å². The lowest BCUT2D eigenvalue weighted by Gasteiger charge is -2.47. The summed E-state index contributed by atoms with van der Waals surface area (Å²) in [7, 11) is 0. The van der Waals surface area contributed by atoms with Crippen LogP contribution in [0.3, 0.4) is 0 Å². The van der Waals surface area contributed by atoms with Crippen LogP contribution in [-0.2, 0) is 0 Å². The van der Waals surface area contributed by atoms with Crippen LogP contribution in [0.1, 0.15) is 104 Å². The third-order valence-corrected chi connectivity index (χ3v) is 6.79. The Morgan fingerprint density at radius 1 is 0.714 bits per heavy atom. The number of benzene rings is 1. The van der Waals surface area contributed by atoms with Crippen LogP contribution in [-0.4, -0.2) is 22.2 Å². The van der Waals surface area contributed by atoms with Gasteiger partial charge in [0.05, 0.1) is 5.02 Å². The first kappa shape index (κ1) is 22.1. The second kappa shape index (κ2) is 6.96. The predicted molar refractivity (Wildman–Crippen MR) is 118 cm³/mol. The first-order valence-corrected chi connectivity index (χ1v) is 11.0. The molecule has 158 valence electrons. The van der Waals surface area contributed by atoms with Gasteiger partial charge >= 0.3 is 0 Å².